The van der Waals surface area contributed by atoms with Crippen LogP contribution in [-0.4, -0.2) is 31.7 Å². The van der Waals surface area contributed by atoms with Gasteiger partial charge in [0.1, 0.15) is 5.15 Å². The molecule has 0 saturated carbocycles. The second-order valence-electron chi connectivity index (χ2n) is 3.91. The van der Waals surface area contributed by atoms with Crippen LogP contribution in [0.5, 0.6) is 0 Å². The molecule has 1 atom stereocenters. The maximum atomic E-state index is 12.0. The molecule has 4 nitrogen and oxygen atoms in total. The minimum atomic E-state index is -3.07. The van der Waals surface area contributed by atoms with Crippen molar-refractivity contribution >= 4 is 33.8 Å². The van der Waals surface area contributed by atoms with Gasteiger partial charge in [0, 0.05) is 12.7 Å². The van der Waals surface area contributed by atoms with Crippen molar-refractivity contribution in [1.29, 1.82) is 0 Å². The molecule has 1 fully saturated rings. The molecule has 7 heteroatoms. The van der Waals surface area contributed by atoms with Gasteiger partial charge >= 0.3 is 0 Å². The van der Waals surface area contributed by atoms with E-state index in [1.165, 1.54) is 6.20 Å². The van der Waals surface area contributed by atoms with E-state index < -0.39 is 9.84 Å². The fourth-order valence-corrected chi connectivity index (χ4v) is 3.61. The summed E-state index contributed by atoms with van der Waals surface area (Å²) in [6.45, 7) is 1.34. The first kappa shape index (κ1) is 14.7. The molecule has 1 saturated heterocycles. The van der Waals surface area contributed by atoms with Gasteiger partial charge in [-0.2, -0.15) is 0 Å². The number of sulfone groups is 1. The lowest BCUT2D eigenvalue weighted by Gasteiger charge is -2.09. The molecule has 1 aliphatic rings. The van der Waals surface area contributed by atoms with E-state index in [0.717, 1.165) is 6.54 Å². The molecule has 0 radical (unpaired) electrons. The second kappa shape index (κ2) is 6.00. The summed E-state index contributed by atoms with van der Waals surface area (Å²) in [7, 11) is -3.07. The summed E-state index contributed by atoms with van der Waals surface area (Å²) in [5.74, 6) is 0.0452. The van der Waals surface area contributed by atoms with E-state index in [-0.39, 0.29) is 23.4 Å². The van der Waals surface area contributed by atoms with Crippen molar-refractivity contribution in [2.24, 2.45) is 0 Å². The minimum absolute atomic E-state index is 0. The first-order valence-corrected chi connectivity index (χ1v) is 7.20. The third-order valence-electron chi connectivity index (χ3n) is 2.68. The van der Waals surface area contributed by atoms with Crippen molar-refractivity contribution in [1.82, 2.24) is 10.3 Å². The van der Waals surface area contributed by atoms with Crippen molar-refractivity contribution in [3.8, 4) is 0 Å². The molecule has 96 valence electrons. The lowest BCUT2D eigenvalue weighted by atomic mass is 10.3. The van der Waals surface area contributed by atoms with Crippen LogP contribution in [-0.2, 0) is 15.6 Å². The Hall–Kier alpha value is -0.360. The molecule has 0 amide bonds. The van der Waals surface area contributed by atoms with Crippen LogP contribution in [0.15, 0.2) is 18.3 Å². The van der Waals surface area contributed by atoms with E-state index in [9.17, 15) is 8.42 Å². The smallest absolute Gasteiger partial charge is 0.158 e. The summed E-state index contributed by atoms with van der Waals surface area (Å²) in [4.78, 5) is 3.88. The highest BCUT2D eigenvalue weighted by Crippen LogP contribution is 2.16. The SMILES string of the molecule is Cl.O=S(=O)(Cc1ccc(Cl)nc1)[C@H]1CCNC1. The number of nitrogens with one attached hydrogen (secondary N) is 1. The molecule has 0 bridgehead atoms. The van der Waals surface area contributed by atoms with Crippen LogP contribution >= 0.6 is 24.0 Å². The molecule has 2 heterocycles. The van der Waals surface area contributed by atoms with Gasteiger partial charge in [0.05, 0.1) is 11.0 Å². The third-order valence-corrected chi connectivity index (χ3v) is 5.06. The average molecular weight is 297 g/mol. The van der Waals surface area contributed by atoms with Crippen LogP contribution in [0, 0.1) is 0 Å². The highest BCUT2D eigenvalue weighted by atomic mass is 35.5. The maximum absolute atomic E-state index is 12.0. The van der Waals surface area contributed by atoms with E-state index in [1.54, 1.807) is 12.1 Å². The third kappa shape index (κ3) is 3.81. The zero-order valence-electron chi connectivity index (χ0n) is 9.10. The topological polar surface area (TPSA) is 59.1 Å². The zero-order valence-corrected chi connectivity index (χ0v) is 11.5. The minimum Gasteiger partial charge on any atom is -0.315 e. The van der Waals surface area contributed by atoms with Crippen LogP contribution in [0.3, 0.4) is 0 Å². The summed E-state index contributed by atoms with van der Waals surface area (Å²) < 4.78 is 24.0. The second-order valence-corrected chi connectivity index (χ2v) is 6.58. The Morgan fingerprint density at radius 2 is 2.24 bits per heavy atom. The van der Waals surface area contributed by atoms with Gasteiger partial charge in [-0.25, -0.2) is 13.4 Å². The van der Waals surface area contributed by atoms with Crippen LogP contribution < -0.4 is 5.32 Å². The largest absolute Gasteiger partial charge is 0.315 e. The van der Waals surface area contributed by atoms with Crippen molar-refractivity contribution in [2.75, 3.05) is 13.1 Å². The van der Waals surface area contributed by atoms with Crippen molar-refractivity contribution in [3.63, 3.8) is 0 Å². The number of hydrogen-bond donors (Lipinski definition) is 1. The summed E-state index contributed by atoms with van der Waals surface area (Å²) in [5, 5.41) is 3.17. The molecule has 17 heavy (non-hydrogen) atoms. The average Bonchev–Trinajstić information content (AvgIpc) is 2.75. The molecule has 1 aromatic rings. The summed E-state index contributed by atoms with van der Waals surface area (Å²) in [5.41, 5.74) is 0.691. The van der Waals surface area contributed by atoms with E-state index >= 15 is 0 Å². The van der Waals surface area contributed by atoms with Crippen molar-refractivity contribution < 1.29 is 8.42 Å². The van der Waals surface area contributed by atoms with Crippen LogP contribution in [0.25, 0.3) is 0 Å². The van der Waals surface area contributed by atoms with Gasteiger partial charge in [0.2, 0.25) is 0 Å². The molecule has 1 aliphatic heterocycles. The van der Waals surface area contributed by atoms with Crippen molar-refractivity contribution in [3.05, 3.63) is 29.0 Å². The van der Waals surface area contributed by atoms with Crippen LogP contribution in [0.4, 0.5) is 0 Å². The number of hydrogen-bond acceptors (Lipinski definition) is 4. The summed E-state index contributed by atoms with van der Waals surface area (Å²) >= 11 is 5.64. The highest BCUT2D eigenvalue weighted by Gasteiger charge is 2.28. The Morgan fingerprint density at radius 3 is 2.76 bits per heavy atom. The van der Waals surface area contributed by atoms with Gasteiger partial charge in [-0.05, 0) is 24.6 Å². The maximum Gasteiger partial charge on any atom is 0.158 e. The molecule has 0 aliphatic carbocycles. The predicted octanol–water partition coefficient (Wildman–Crippen LogP) is 1.43. The number of nitrogens with zero attached hydrogens (tertiary/aromatic N) is 1. The fourth-order valence-electron chi connectivity index (χ4n) is 1.78. The molecule has 1 aromatic heterocycles. The first-order valence-electron chi connectivity index (χ1n) is 5.11. The number of halogens is 2. The number of pyridine rings is 1. The fraction of sp³-hybridized carbons (Fsp3) is 0.500. The van der Waals surface area contributed by atoms with Gasteiger partial charge < -0.3 is 5.32 Å². The summed E-state index contributed by atoms with van der Waals surface area (Å²) in [6, 6.07) is 3.31. The van der Waals surface area contributed by atoms with Gasteiger partial charge in [0.25, 0.3) is 0 Å². The normalized spacial score (nSPS) is 19.9. The van der Waals surface area contributed by atoms with E-state index in [4.69, 9.17) is 11.6 Å². The monoisotopic (exact) mass is 296 g/mol. The van der Waals surface area contributed by atoms with Crippen molar-refractivity contribution in [2.45, 2.75) is 17.4 Å². The number of aromatic nitrogens is 1. The first-order chi connectivity index (χ1) is 7.58. The zero-order chi connectivity index (χ0) is 11.6. The van der Waals surface area contributed by atoms with Gasteiger partial charge in [-0.15, -0.1) is 12.4 Å². The molecule has 0 spiro atoms. The Labute approximate surface area is 112 Å². The Balaban J connectivity index is 0.00000144. The van der Waals surface area contributed by atoms with Gasteiger partial charge in [0.15, 0.2) is 9.84 Å². The Kier molecular flexibility index (Phi) is 5.19. The lowest BCUT2D eigenvalue weighted by molar-refractivity contribution is 0.582. The van der Waals surface area contributed by atoms with E-state index in [0.29, 0.717) is 23.7 Å². The standard InChI is InChI=1S/C10H13ClN2O2S.ClH/c11-10-2-1-8(5-13-10)7-16(14,15)9-3-4-12-6-9;/h1-2,5,9,12H,3-4,6-7H2;1H/t9-;/m0./s1. The van der Waals surface area contributed by atoms with E-state index in [1.807, 2.05) is 0 Å². The Bertz CT molecular complexity index is 456. The van der Waals surface area contributed by atoms with Gasteiger partial charge in [-0.3, -0.25) is 0 Å². The van der Waals surface area contributed by atoms with Crippen LogP contribution in [0.1, 0.15) is 12.0 Å². The molecular weight excluding hydrogens is 283 g/mol. The lowest BCUT2D eigenvalue weighted by Crippen LogP contribution is -2.25. The highest BCUT2D eigenvalue weighted by molar-refractivity contribution is 7.91. The molecule has 0 aromatic carbocycles. The van der Waals surface area contributed by atoms with Crippen LogP contribution in [0.2, 0.25) is 5.15 Å². The number of rotatable bonds is 3. The quantitative estimate of drug-likeness (QED) is 0.858. The molecular formula is C10H14Cl2N2O2S. The summed E-state index contributed by atoms with van der Waals surface area (Å²) in [6.07, 6.45) is 2.21. The predicted molar refractivity (Wildman–Crippen MR) is 70.4 cm³/mol. The Morgan fingerprint density at radius 1 is 1.47 bits per heavy atom. The van der Waals surface area contributed by atoms with Gasteiger partial charge in [-0.1, -0.05) is 17.7 Å². The van der Waals surface area contributed by atoms with E-state index in [2.05, 4.69) is 10.3 Å². The molecule has 0 unspecified atom stereocenters. The molecule has 1 N–H and O–H groups in total. The molecule has 2 rings (SSSR count).